The molecule has 0 aromatic heterocycles. The highest BCUT2D eigenvalue weighted by atomic mass is 16.6. The van der Waals surface area contributed by atoms with Gasteiger partial charge in [0.2, 0.25) is 0 Å². The summed E-state index contributed by atoms with van der Waals surface area (Å²) in [6.07, 6.45) is 0. The summed E-state index contributed by atoms with van der Waals surface area (Å²) in [6.45, 7) is 4.44. The average molecular weight is 364 g/mol. The fourth-order valence-corrected chi connectivity index (χ4v) is 2.65. The summed E-state index contributed by atoms with van der Waals surface area (Å²) < 4.78 is 21.0. The molecule has 0 fully saturated rings. The molecule has 142 valence electrons. The van der Waals surface area contributed by atoms with E-state index in [0.29, 0.717) is 41.5 Å². The number of benzene rings is 1. The molecule has 1 aromatic rings. The molecule has 2 N–H and O–H groups in total. The van der Waals surface area contributed by atoms with Crippen LogP contribution in [0.25, 0.3) is 0 Å². The van der Waals surface area contributed by atoms with Crippen LogP contribution in [-0.2, 0) is 14.3 Å². The minimum Gasteiger partial charge on any atom is -0.493 e. The number of allylic oxidation sites excluding steroid dienone is 1. The third kappa shape index (κ3) is 4.45. The number of nitrogens with one attached hydrogen (secondary N) is 2. The number of urea groups is 1. The maximum Gasteiger partial charge on any atom is 0.338 e. The predicted molar refractivity (Wildman–Crippen MR) is 94.1 cm³/mol. The minimum absolute atomic E-state index is 0.124. The van der Waals surface area contributed by atoms with E-state index in [4.69, 9.17) is 18.9 Å². The average Bonchev–Trinajstić information content (AvgIpc) is 2.61. The minimum atomic E-state index is -0.664. The van der Waals surface area contributed by atoms with Crippen LogP contribution < -0.4 is 20.1 Å². The molecule has 0 aliphatic carbocycles. The molecular formula is C18H24N2O6. The second-order valence-corrected chi connectivity index (χ2v) is 5.54. The van der Waals surface area contributed by atoms with Crippen LogP contribution in [0.5, 0.6) is 11.5 Å². The van der Waals surface area contributed by atoms with Crippen molar-refractivity contribution in [3.05, 3.63) is 35.0 Å². The van der Waals surface area contributed by atoms with Crippen molar-refractivity contribution < 1.29 is 28.5 Å². The largest absolute Gasteiger partial charge is 0.493 e. The highest BCUT2D eigenvalue weighted by Gasteiger charge is 2.32. The molecule has 1 aliphatic rings. The lowest BCUT2D eigenvalue weighted by molar-refractivity contribution is -0.140. The Morgan fingerprint density at radius 1 is 1.19 bits per heavy atom. The van der Waals surface area contributed by atoms with Crippen molar-refractivity contribution >= 4 is 12.0 Å². The SMILES string of the molecule is CCOc1ccc(C2NC(=O)NC(C)=C2C(=O)OCCOC)cc1OC. The Hall–Kier alpha value is -2.74. The Kier molecular flexibility index (Phi) is 6.85. The first-order chi connectivity index (χ1) is 12.5. The van der Waals surface area contributed by atoms with E-state index in [9.17, 15) is 9.59 Å². The molecule has 0 spiro atoms. The summed E-state index contributed by atoms with van der Waals surface area (Å²) in [5, 5.41) is 5.35. The molecule has 1 aliphatic heterocycles. The molecule has 1 atom stereocenters. The van der Waals surface area contributed by atoms with Gasteiger partial charge in [-0.3, -0.25) is 0 Å². The van der Waals surface area contributed by atoms with Crippen molar-refractivity contribution in [3.8, 4) is 11.5 Å². The summed E-state index contributed by atoms with van der Waals surface area (Å²) in [5.41, 5.74) is 1.44. The van der Waals surface area contributed by atoms with Crippen LogP contribution in [-0.4, -0.2) is 46.0 Å². The lowest BCUT2D eigenvalue weighted by atomic mass is 9.95. The normalized spacial score (nSPS) is 16.6. The van der Waals surface area contributed by atoms with E-state index >= 15 is 0 Å². The van der Waals surface area contributed by atoms with Crippen LogP contribution in [0.4, 0.5) is 4.79 Å². The van der Waals surface area contributed by atoms with E-state index < -0.39 is 18.0 Å². The molecule has 8 nitrogen and oxygen atoms in total. The quantitative estimate of drug-likeness (QED) is 0.540. The van der Waals surface area contributed by atoms with Gasteiger partial charge in [0.15, 0.2) is 11.5 Å². The number of carbonyl (C=O) groups is 2. The van der Waals surface area contributed by atoms with Crippen LogP contribution >= 0.6 is 0 Å². The van der Waals surface area contributed by atoms with E-state index in [1.54, 1.807) is 25.1 Å². The molecule has 1 unspecified atom stereocenters. The molecule has 2 amide bonds. The third-order valence-corrected chi connectivity index (χ3v) is 3.83. The molecule has 2 rings (SSSR count). The smallest absolute Gasteiger partial charge is 0.338 e. The van der Waals surface area contributed by atoms with Crippen molar-refractivity contribution in [2.75, 3.05) is 34.0 Å². The molecule has 8 heteroatoms. The van der Waals surface area contributed by atoms with E-state index in [1.807, 2.05) is 6.92 Å². The molecule has 0 radical (unpaired) electrons. The number of rotatable bonds is 8. The topological polar surface area (TPSA) is 95.1 Å². The van der Waals surface area contributed by atoms with Gasteiger partial charge in [-0.05, 0) is 31.5 Å². The Balaban J connectivity index is 2.36. The Morgan fingerprint density at radius 2 is 1.96 bits per heavy atom. The molecule has 0 bridgehead atoms. The van der Waals surface area contributed by atoms with Crippen molar-refractivity contribution in [3.63, 3.8) is 0 Å². The standard InChI is InChI=1S/C18H24N2O6/c1-5-25-13-7-6-12(10-14(13)24-4)16-15(11(2)19-18(22)20-16)17(21)26-9-8-23-3/h6-7,10,16H,5,8-9H2,1-4H3,(H2,19,20,22). The Bertz CT molecular complexity index is 701. The summed E-state index contributed by atoms with van der Waals surface area (Å²) in [5.74, 6) is 0.579. The van der Waals surface area contributed by atoms with Gasteiger partial charge in [0, 0.05) is 12.8 Å². The predicted octanol–water partition coefficient (Wildman–Crippen LogP) is 1.91. The van der Waals surface area contributed by atoms with Gasteiger partial charge in [-0.25, -0.2) is 9.59 Å². The van der Waals surface area contributed by atoms with E-state index in [2.05, 4.69) is 10.6 Å². The number of carbonyl (C=O) groups excluding carboxylic acids is 2. The van der Waals surface area contributed by atoms with E-state index in [0.717, 1.165) is 0 Å². The second kappa shape index (κ2) is 9.10. The van der Waals surface area contributed by atoms with Crippen molar-refractivity contribution in [1.82, 2.24) is 10.6 Å². The number of hydrogen-bond donors (Lipinski definition) is 2. The first-order valence-electron chi connectivity index (χ1n) is 8.26. The number of hydrogen-bond acceptors (Lipinski definition) is 6. The van der Waals surface area contributed by atoms with Gasteiger partial charge in [0.1, 0.15) is 6.61 Å². The second-order valence-electron chi connectivity index (χ2n) is 5.54. The monoisotopic (exact) mass is 364 g/mol. The van der Waals surface area contributed by atoms with Crippen LogP contribution in [0, 0.1) is 0 Å². The zero-order valence-corrected chi connectivity index (χ0v) is 15.4. The highest BCUT2D eigenvalue weighted by Crippen LogP contribution is 2.34. The van der Waals surface area contributed by atoms with Crippen molar-refractivity contribution in [2.45, 2.75) is 19.9 Å². The molecular weight excluding hydrogens is 340 g/mol. The maximum absolute atomic E-state index is 12.5. The zero-order chi connectivity index (χ0) is 19.1. The first kappa shape index (κ1) is 19.6. The van der Waals surface area contributed by atoms with E-state index in [-0.39, 0.29) is 6.61 Å². The molecule has 0 saturated heterocycles. The van der Waals surface area contributed by atoms with Gasteiger partial charge in [-0.1, -0.05) is 6.07 Å². The van der Waals surface area contributed by atoms with Gasteiger partial charge in [0.05, 0.1) is 31.9 Å². The number of ether oxygens (including phenoxy) is 4. The first-order valence-corrected chi connectivity index (χ1v) is 8.26. The van der Waals surface area contributed by atoms with Crippen LogP contribution in [0.3, 0.4) is 0 Å². The van der Waals surface area contributed by atoms with Crippen LogP contribution in [0.15, 0.2) is 29.5 Å². The third-order valence-electron chi connectivity index (χ3n) is 3.83. The summed E-state index contributed by atoms with van der Waals surface area (Å²) in [7, 11) is 3.05. The summed E-state index contributed by atoms with van der Waals surface area (Å²) in [6, 6.07) is 4.20. The van der Waals surface area contributed by atoms with Crippen molar-refractivity contribution in [1.29, 1.82) is 0 Å². The molecule has 26 heavy (non-hydrogen) atoms. The van der Waals surface area contributed by atoms with Gasteiger partial charge in [0.25, 0.3) is 0 Å². The number of amides is 2. The molecule has 1 heterocycles. The Labute approximate surface area is 152 Å². The number of esters is 1. The highest BCUT2D eigenvalue weighted by molar-refractivity contribution is 5.95. The molecule has 1 aromatic carbocycles. The summed E-state index contributed by atoms with van der Waals surface area (Å²) >= 11 is 0. The van der Waals surface area contributed by atoms with Gasteiger partial charge >= 0.3 is 12.0 Å². The number of methoxy groups -OCH3 is 2. The van der Waals surface area contributed by atoms with Crippen LogP contribution in [0.2, 0.25) is 0 Å². The zero-order valence-electron chi connectivity index (χ0n) is 15.4. The summed E-state index contributed by atoms with van der Waals surface area (Å²) in [4.78, 5) is 24.4. The van der Waals surface area contributed by atoms with Crippen molar-refractivity contribution in [2.24, 2.45) is 0 Å². The molecule has 0 saturated carbocycles. The fraction of sp³-hybridized carbons (Fsp3) is 0.444. The van der Waals surface area contributed by atoms with Gasteiger partial charge < -0.3 is 29.6 Å². The fourth-order valence-electron chi connectivity index (χ4n) is 2.65. The van der Waals surface area contributed by atoms with Crippen LogP contribution in [0.1, 0.15) is 25.5 Å². The van der Waals surface area contributed by atoms with Gasteiger partial charge in [-0.2, -0.15) is 0 Å². The lowest BCUT2D eigenvalue weighted by Crippen LogP contribution is -2.45. The van der Waals surface area contributed by atoms with Gasteiger partial charge in [-0.15, -0.1) is 0 Å². The maximum atomic E-state index is 12.5. The lowest BCUT2D eigenvalue weighted by Gasteiger charge is -2.28. The Morgan fingerprint density at radius 3 is 2.62 bits per heavy atom. The van der Waals surface area contributed by atoms with E-state index in [1.165, 1.54) is 14.2 Å².